The molecule has 0 aliphatic heterocycles. The number of thiophene rings is 1. The molecule has 0 radical (unpaired) electrons. The van der Waals surface area contributed by atoms with Crippen molar-refractivity contribution < 1.29 is 4.79 Å². The Bertz CT molecular complexity index is 907. The number of benzene rings is 1. The maximum atomic E-state index is 12.5. The highest BCUT2D eigenvalue weighted by Crippen LogP contribution is 2.47. The minimum atomic E-state index is 0.0413. The number of carbonyl (C=O) groups is 1. The molecule has 1 aliphatic rings. The SMILES string of the molecule is CC(NC(=O)[C@@H]1C[C@H]1c1ccc2ccccc2n1)c1ccc(Br)s1. The highest BCUT2D eigenvalue weighted by Gasteiger charge is 2.45. The topological polar surface area (TPSA) is 42.0 Å². The van der Waals surface area contributed by atoms with Gasteiger partial charge in [0, 0.05) is 27.8 Å². The van der Waals surface area contributed by atoms with Crippen LogP contribution < -0.4 is 5.32 Å². The predicted molar refractivity (Wildman–Crippen MR) is 101 cm³/mol. The van der Waals surface area contributed by atoms with Crippen molar-refractivity contribution in [2.45, 2.75) is 25.3 Å². The Balaban J connectivity index is 1.44. The first-order chi connectivity index (χ1) is 11.6. The number of pyridine rings is 1. The van der Waals surface area contributed by atoms with Crippen LogP contribution in [0.4, 0.5) is 0 Å². The van der Waals surface area contributed by atoms with Gasteiger partial charge in [0.05, 0.1) is 15.3 Å². The molecule has 1 unspecified atom stereocenters. The van der Waals surface area contributed by atoms with E-state index in [0.717, 1.165) is 31.7 Å². The minimum absolute atomic E-state index is 0.0413. The first-order valence-electron chi connectivity index (χ1n) is 8.03. The van der Waals surface area contributed by atoms with Crippen LogP contribution in [0, 0.1) is 5.92 Å². The number of halogens is 1. The van der Waals surface area contributed by atoms with Gasteiger partial charge >= 0.3 is 0 Å². The number of nitrogens with zero attached hydrogens (tertiary/aromatic N) is 1. The lowest BCUT2D eigenvalue weighted by atomic mass is 10.1. The summed E-state index contributed by atoms with van der Waals surface area (Å²) in [5.41, 5.74) is 2.03. The molecule has 0 spiro atoms. The zero-order valence-corrected chi connectivity index (χ0v) is 15.6. The van der Waals surface area contributed by atoms with Crippen molar-refractivity contribution in [1.82, 2.24) is 10.3 Å². The van der Waals surface area contributed by atoms with E-state index in [-0.39, 0.29) is 23.8 Å². The number of nitrogens with one attached hydrogen (secondary N) is 1. The van der Waals surface area contributed by atoms with Crippen LogP contribution in [0.2, 0.25) is 0 Å². The van der Waals surface area contributed by atoms with Gasteiger partial charge in [-0.2, -0.15) is 0 Å². The van der Waals surface area contributed by atoms with E-state index >= 15 is 0 Å². The fourth-order valence-corrected chi connectivity index (χ4v) is 4.48. The van der Waals surface area contributed by atoms with Crippen LogP contribution in [0.1, 0.15) is 35.9 Å². The van der Waals surface area contributed by atoms with Crippen LogP contribution in [0.25, 0.3) is 10.9 Å². The Morgan fingerprint density at radius 3 is 2.88 bits per heavy atom. The molecule has 5 heteroatoms. The predicted octanol–water partition coefficient (Wildman–Crippen LogP) is 5.04. The number of fused-ring (bicyclic) bond motifs is 1. The summed E-state index contributed by atoms with van der Waals surface area (Å²) in [6.07, 6.45) is 0.887. The second-order valence-corrected chi connectivity index (χ2v) is 8.74. The third-order valence-electron chi connectivity index (χ3n) is 4.51. The van der Waals surface area contributed by atoms with E-state index in [9.17, 15) is 4.79 Å². The van der Waals surface area contributed by atoms with Crippen LogP contribution in [0.5, 0.6) is 0 Å². The van der Waals surface area contributed by atoms with Crippen LogP contribution in [-0.2, 0) is 4.79 Å². The lowest BCUT2D eigenvalue weighted by molar-refractivity contribution is -0.123. The van der Waals surface area contributed by atoms with Crippen LogP contribution in [0.3, 0.4) is 0 Å². The number of para-hydroxylation sites is 1. The van der Waals surface area contributed by atoms with Gasteiger partial charge in [-0.1, -0.05) is 24.3 Å². The summed E-state index contributed by atoms with van der Waals surface area (Å²) in [6.45, 7) is 2.03. The largest absolute Gasteiger partial charge is 0.349 e. The van der Waals surface area contributed by atoms with E-state index in [2.05, 4.69) is 45.5 Å². The van der Waals surface area contributed by atoms with Crippen molar-refractivity contribution in [2.75, 3.05) is 0 Å². The lowest BCUT2D eigenvalue weighted by Crippen LogP contribution is -2.28. The van der Waals surface area contributed by atoms with E-state index in [1.807, 2.05) is 31.2 Å². The van der Waals surface area contributed by atoms with Crippen molar-refractivity contribution in [2.24, 2.45) is 5.92 Å². The standard InChI is InChI=1S/C19H17BrN2OS/c1-11(17-8-9-18(20)24-17)21-19(23)14-10-13(14)16-7-6-12-4-2-3-5-15(12)22-16/h2-9,11,13-14H,10H2,1H3,(H,21,23)/t11?,13-,14-/m1/s1. The molecule has 24 heavy (non-hydrogen) atoms. The number of carbonyl (C=O) groups excluding carboxylic acids is 1. The van der Waals surface area contributed by atoms with Gasteiger partial charge in [-0.25, -0.2) is 0 Å². The smallest absolute Gasteiger partial charge is 0.224 e. The molecule has 4 rings (SSSR count). The fraction of sp³-hybridized carbons (Fsp3) is 0.263. The third kappa shape index (κ3) is 3.10. The molecule has 0 bridgehead atoms. The quantitative estimate of drug-likeness (QED) is 0.666. The zero-order chi connectivity index (χ0) is 16.7. The summed E-state index contributed by atoms with van der Waals surface area (Å²) in [6, 6.07) is 16.3. The zero-order valence-electron chi connectivity index (χ0n) is 13.2. The van der Waals surface area contributed by atoms with Crippen molar-refractivity contribution in [1.29, 1.82) is 0 Å². The van der Waals surface area contributed by atoms with Gasteiger partial charge in [0.1, 0.15) is 0 Å². The van der Waals surface area contributed by atoms with Crippen molar-refractivity contribution in [3.63, 3.8) is 0 Å². The Morgan fingerprint density at radius 1 is 1.25 bits per heavy atom. The first kappa shape index (κ1) is 15.8. The summed E-state index contributed by atoms with van der Waals surface area (Å²) < 4.78 is 1.09. The van der Waals surface area contributed by atoms with Crippen LogP contribution in [-0.4, -0.2) is 10.9 Å². The van der Waals surface area contributed by atoms with E-state index in [4.69, 9.17) is 4.98 Å². The highest BCUT2D eigenvalue weighted by atomic mass is 79.9. The number of hydrogen-bond donors (Lipinski definition) is 1. The second-order valence-electron chi connectivity index (χ2n) is 6.25. The second kappa shape index (κ2) is 6.30. The van der Waals surface area contributed by atoms with Crippen LogP contribution in [0.15, 0.2) is 52.3 Å². The molecule has 2 aromatic heterocycles. The average Bonchev–Trinajstić information content (AvgIpc) is 3.28. The Hall–Kier alpha value is -1.72. The van der Waals surface area contributed by atoms with Crippen molar-refractivity contribution in [3.05, 3.63) is 62.9 Å². The third-order valence-corrected chi connectivity index (χ3v) is 6.31. The van der Waals surface area contributed by atoms with Gasteiger partial charge < -0.3 is 5.32 Å². The first-order valence-corrected chi connectivity index (χ1v) is 9.64. The van der Waals surface area contributed by atoms with Gasteiger partial charge in [0.15, 0.2) is 0 Å². The van der Waals surface area contributed by atoms with Gasteiger partial charge in [-0.3, -0.25) is 9.78 Å². The number of aromatic nitrogens is 1. The molecule has 3 aromatic rings. The lowest BCUT2D eigenvalue weighted by Gasteiger charge is -2.12. The molecular formula is C19H17BrN2OS. The summed E-state index contributed by atoms with van der Waals surface area (Å²) in [4.78, 5) is 18.4. The van der Waals surface area contributed by atoms with E-state index in [1.54, 1.807) is 11.3 Å². The molecule has 1 aromatic carbocycles. The minimum Gasteiger partial charge on any atom is -0.349 e. The van der Waals surface area contributed by atoms with Gasteiger partial charge in [-0.15, -0.1) is 11.3 Å². The van der Waals surface area contributed by atoms with Crippen LogP contribution >= 0.6 is 27.3 Å². The maximum Gasteiger partial charge on any atom is 0.224 e. The molecular weight excluding hydrogens is 384 g/mol. The summed E-state index contributed by atoms with van der Waals surface area (Å²) in [5.74, 6) is 0.424. The maximum absolute atomic E-state index is 12.5. The van der Waals surface area contributed by atoms with Gasteiger partial charge in [0.25, 0.3) is 0 Å². The fourth-order valence-electron chi connectivity index (χ4n) is 3.05. The van der Waals surface area contributed by atoms with E-state index < -0.39 is 0 Å². The normalized spacial score (nSPS) is 20.8. The molecule has 2 heterocycles. The Kier molecular flexibility index (Phi) is 4.14. The Labute approximate surface area is 153 Å². The molecule has 122 valence electrons. The molecule has 1 amide bonds. The molecule has 1 aliphatic carbocycles. The Morgan fingerprint density at radius 2 is 2.08 bits per heavy atom. The molecule has 1 fully saturated rings. The van der Waals surface area contributed by atoms with Gasteiger partial charge in [0.2, 0.25) is 5.91 Å². The summed E-state index contributed by atoms with van der Waals surface area (Å²) >= 11 is 5.12. The monoisotopic (exact) mass is 400 g/mol. The van der Waals surface area contributed by atoms with Crippen molar-refractivity contribution >= 4 is 44.1 Å². The molecule has 1 N–H and O–H groups in total. The van der Waals surface area contributed by atoms with Crippen molar-refractivity contribution in [3.8, 4) is 0 Å². The molecule has 3 atom stereocenters. The average molecular weight is 401 g/mol. The molecule has 1 saturated carbocycles. The number of hydrogen-bond acceptors (Lipinski definition) is 3. The van der Waals surface area contributed by atoms with Gasteiger partial charge in [-0.05, 0) is 53.5 Å². The molecule has 0 saturated heterocycles. The molecule has 3 nitrogen and oxygen atoms in total. The number of amides is 1. The highest BCUT2D eigenvalue weighted by molar-refractivity contribution is 9.11. The summed E-state index contributed by atoms with van der Waals surface area (Å²) in [7, 11) is 0. The number of rotatable bonds is 4. The summed E-state index contributed by atoms with van der Waals surface area (Å²) in [5, 5.41) is 4.27. The van der Waals surface area contributed by atoms with E-state index in [0.29, 0.717) is 0 Å². The van der Waals surface area contributed by atoms with E-state index in [1.165, 1.54) is 0 Å².